The minimum Gasteiger partial charge on any atom is -0.316 e. The first-order valence-electron chi connectivity index (χ1n) is 8.01. The summed E-state index contributed by atoms with van der Waals surface area (Å²) in [6.07, 6.45) is 3.83. The molecule has 0 N–H and O–H groups in total. The molecule has 0 saturated heterocycles. The molecule has 24 heavy (non-hydrogen) atoms. The minimum atomic E-state index is -0.297. The van der Waals surface area contributed by atoms with E-state index in [0.29, 0.717) is 6.00 Å². The Kier molecular flexibility index (Phi) is 6.52. The van der Waals surface area contributed by atoms with Crippen LogP contribution in [0.1, 0.15) is 24.0 Å². The van der Waals surface area contributed by atoms with Gasteiger partial charge < -0.3 is 4.48 Å². The van der Waals surface area contributed by atoms with Gasteiger partial charge in [0.15, 0.2) is 6.00 Å². The van der Waals surface area contributed by atoms with Crippen LogP contribution in [0.3, 0.4) is 0 Å². The van der Waals surface area contributed by atoms with Gasteiger partial charge >= 0.3 is 0 Å². The number of rotatable bonds is 7. The van der Waals surface area contributed by atoms with E-state index in [1.54, 1.807) is 12.1 Å². The molecule has 0 amide bonds. The number of hydrogen-bond donors (Lipinski definition) is 0. The molecule has 0 saturated carbocycles. The summed E-state index contributed by atoms with van der Waals surface area (Å²) in [4.78, 5) is 0. The summed E-state index contributed by atoms with van der Waals surface area (Å²) in [5, 5.41) is 0. The molecular weight excluding hydrogens is 328 g/mol. The molecule has 0 bridgehead atoms. The molecule has 2 rings (SSSR count). The second kappa shape index (κ2) is 8.41. The maximum Gasteiger partial charge on any atom is 0.154 e. The second-order valence-electron chi connectivity index (χ2n) is 6.56. The van der Waals surface area contributed by atoms with Crippen LogP contribution in [0.25, 0.3) is 5.57 Å². The van der Waals surface area contributed by atoms with Gasteiger partial charge in [-0.25, -0.2) is 8.78 Å². The lowest BCUT2D eigenvalue weighted by Crippen LogP contribution is -2.38. The van der Waals surface area contributed by atoms with Gasteiger partial charge in [0.1, 0.15) is 11.6 Å². The minimum absolute atomic E-state index is 0.297. The first-order valence-corrected chi connectivity index (χ1v) is 8.55. The SMILES string of the molecule is C[N+](C)(CCl)CCCC=C(c1cccc(F)c1)c1cccc(F)c1. The van der Waals surface area contributed by atoms with Crippen molar-refractivity contribution >= 4 is 17.2 Å². The fourth-order valence-corrected chi connectivity index (χ4v) is 2.66. The lowest BCUT2D eigenvalue weighted by atomic mass is 9.96. The first kappa shape index (κ1) is 18.6. The maximum absolute atomic E-state index is 13.6. The van der Waals surface area contributed by atoms with Crippen molar-refractivity contribution in [2.24, 2.45) is 0 Å². The second-order valence-corrected chi connectivity index (χ2v) is 6.80. The van der Waals surface area contributed by atoms with Gasteiger partial charge in [0.25, 0.3) is 0 Å². The van der Waals surface area contributed by atoms with Crippen molar-refractivity contribution in [1.82, 2.24) is 0 Å². The quantitative estimate of drug-likeness (QED) is 0.269. The standard InChI is InChI=1S/C20H23ClF2N/c1-24(2,15-21)12-4-3-11-20(16-7-5-9-18(22)13-16)17-8-6-10-19(23)14-17/h5-11,13-14H,3-4,12,15H2,1-2H3/q+1. The van der Waals surface area contributed by atoms with Gasteiger partial charge in [0, 0.05) is 6.42 Å². The van der Waals surface area contributed by atoms with E-state index in [9.17, 15) is 8.78 Å². The molecule has 0 spiro atoms. The Morgan fingerprint density at radius 3 is 2.00 bits per heavy atom. The predicted molar refractivity (Wildman–Crippen MR) is 96.8 cm³/mol. The molecule has 0 radical (unpaired) electrons. The van der Waals surface area contributed by atoms with Crippen molar-refractivity contribution in [3.8, 4) is 0 Å². The third-order valence-electron chi connectivity index (χ3n) is 3.91. The van der Waals surface area contributed by atoms with Crippen molar-refractivity contribution < 1.29 is 13.3 Å². The predicted octanol–water partition coefficient (Wildman–Crippen LogP) is 5.45. The zero-order valence-corrected chi connectivity index (χ0v) is 14.9. The molecular formula is C20H23ClF2N+. The third-order valence-corrected chi connectivity index (χ3v) is 4.56. The monoisotopic (exact) mass is 350 g/mol. The van der Waals surface area contributed by atoms with E-state index in [4.69, 9.17) is 11.6 Å². The molecule has 0 aliphatic heterocycles. The summed E-state index contributed by atoms with van der Waals surface area (Å²) >= 11 is 5.93. The van der Waals surface area contributed by atoms with Crippen LogP contribution in [-0.4, -0.2) is 31.1 Å². The van der Waals surface area contributed by atoms with E-state index < -0.39 is 0 Å². The molecule has 2 aromatic carbocycles. The topological polar surface area (TPSA) is 0 Å². The summed E-state index contributed by atoms with van der Waals surface area (Å²) < 4.78 is 27.9. The van der Waals surface area contributed by atoms with Crippen LogP contribution in [-0.2, 0) is 0 Å². The maximum atomic E-state index is 13.6. The van der Waals surface area contributed by atoms with Crippen molar-refractivity contribution in [3.63, 3.8) is 0 Å². The number of benzene rings is 2. The highest BCUT2D eigenvalue weighted by atomic mass is 35.5. The van der Waals surface area contributed by atoms with Crippen molar-refractivity contribution in [3.05, 3.63) is 77.4 Å². The van der Waals surface area contributed by atoms with Crippen LogP contribution in [0.4, 0.5) is 8.78 Å². The van der Waals surface area contributed by atoms with Crippen LogP contribution >= 0.6 is 11.6 Å². The third kappa shape index (κ3) is 5.43. The average molecular weight is 351 g/mol. The Bertz CT molecular complexity index is 663. The fourth-order valence-electron chi connectivity index (χ4n) is 2.54. The fraction of sp³-hybridized carbons (Fsp3) is 0.300. The molecule has 0 aromatic heterocycles. The van der Waals surface area contributed by atoms with Crippen LogP contribution < -0.4 is 0 Å². The number of quaternary nitrogens is 1. The molecule has 1 nitrogen and oxygen atoms in total. The van der Waals surface area contributed by atoms with E-state index >= 15 is 0 Å². The van der Waals surface area contributed by atoms with Gasteiger partial charge in [-0.3, -0.25) is 0 Å². The van der Waals surface area contributed by atoms with E-state index in [1.807, 2.05) is 12.1 Å². The van der Waals surface area contributed by atoms with E-state index in [-0.39, 0.29) is 11.6 Å². The first-order chi connectivity index (χ1) is 11.4. The highest BCUT2D eigenvalue weighted by molar-refractivity contribution is 6.16. The van der Waals surface area contributed by atoms with Crippen LogP contribution in [0, 0.1) is 11.6 Å². The lowest BCUT2D eigenvalue weighted by Gasteiger charge is -2.26. The molecule has 128 valence electrons. The zero-order valence-electron chi connectivity index (χ0n) is 14.1. The number of hydrogen-bond acceptors (Lipinski definition) is 0. The Labute approximate surface area is 147 Å². The van der Waals surface area contributed by atoms with Crippen LogP contribution in [0.2, 0.25) is 0 Å². The summed E-state index contributed by atoms with van der Waals surface area (Å²) in [5.74, 6) is -0.593. The van der Waals surface area contributed by atoms with Crippen LogP contribution in [0.15, 0.2) is 54.6 Å². The number of nitrogens with zero attached hydrogens (tertiary/aromatic N) is 1. The highest BCUT2D eigenvalue weighted by Gasteiger charge is 2.12. The lowest BCUT2D eigenvalue weighted by molar-refractivity contribution is -0.879. The highest BCUT2D eigenvalue weighted by Crippen LogP contribution is 2.25. The average Bonchev–Trinajstić information content (AvgIpc) is 2.55. The molecule has 0 fully saturated rings. The summed E-state index contributed by atoms with van der Waals surface area (Å²) in [6.45, 7) is 0.944. The Morgan fingerprint density at radius 2 is 1.54 bits per heavy atom. The van der Waals surface area contributed by atoms with E-state index in [1.165, 1.54) is 24.3 Å². The number of unbranched alkanes of at least 4 members (excludes halogenated alkanes) is 1. The summed E-state index contributed by atoms with van der Waals surface area (Å²) in [5.41, 5.74) is 2.36. The molecule has 0 unspecified atom stereocenters. The molecule has 0 atom stereocenters. The molecule has 2 aromatic rings. The largest absolute Gasteiger partial charge is 0.316 e. The molecule has 0 heterocycles. The number of halogens is 3. The van der Waals surface area contributed by atoms with Gasteiger partial charge in [-0.2, -0.15) is 0 Å². The van der Waals surface area contributed by atoms with Crippen molar-refractivity contribution in [1.29, 1.82) is 0 Å². The van der Waals surface area contributed by atoms with Gasteiger partial charge in [0.2, 0.25) is 0 Å². The van der Waals surface area contributed by atoms with Crippen molar-refractivity contribution in [2.75, 3.05) is 26.6 Å². The smallest absolute Gasteiger partial charge is 0.154 e. The summed E-state index contributed by atoms with van der Waals surface area (Å²) in [6, 6.07) is 13.4. The molecule has 4 heteroatoms. The van der Waals surface area contributed by atoms with Gasteiger partial charge in [0.05, 0.1) is 20.6 Å². The normalized spacial score (nSPS) is 11.4. The number of alkyl halides is 1. The number of allylic oxidation sites excluding steroid dienone is 1. The molecule has 0 aliphatic carbocycles. The van der Waals surface area contributed by atoms with Crippen molar-refractivity contribution in [2.45, 2.75) is 12.8 Å². The van der Waals surface area contributed by atoms with Gasteiger partial charge in [-0.15, -0.1) is 0 Å². The Hall–Kier alpha value is -1.71. The van der Waals surface area contributed by atoms with Crippen LogP contribution in [0.5, 0.6) is 0 Å². The zero-order chi connectivity index (χ0) is 17.6. The van der Waals surface area contributed by atoms with E-state index in [0.717, 1.165) is 40.6 Å². The summed E-state index contributed by atoms with van der Waals surface area (Å²) in [7, 11) is 4.16. The van der Waals surface area contributed by atoms with E-state index in [2.05, 4.69) is 20.2 Å². The van der Waals surface area contributed by atoms with Gasteiger partial charge in [-0.05, 0) is 47.4 Å². The molecule has 0 aliphatic rings. The van der Waals surface area contributed by atoms with Gasteiger partial charge in [-0.1, -0.05) is 41.9 Å². The Morgan fingerprint density at radius 1 is 1.00 bits per heavy atom. The Balaban J connectivity index is 2.25.